The van der Waals surface area contributed by atoms with E-state index in [1.54, 1.807) is 0 Å². The third kappa shape index (κ3) is 3.07. The fraction of sp³-hybridized carbons (Fsp3) is 0.389. The normalized spacial score (nSPS) is 18.4. The number of benzene rings is 1. The molecule has 1 aliphatic rings. The van der Waals surface area contributed by atoms with E-state index in [1.807, 2.05) is 58.3 Å². The lowest BCUT2D eigenvalue weighted by Crippen LogP contribution is -2.44. The minimum Gasteiger partial charge on any atom is -0.396 e. The Labute approximate surface area is 131 Å². The monoisotopic (exact) mass is 298 g/mol. The van der Waals surface area contributed by atoms with E-state index in [-0.39, 0.29) is 18.6 Å². The van der Waals surface area contributed by atoms with Crippen LogP contribution < -0.4 is 0 Å². The van der Waals surface area contributed by atoms with Gasteiger partial charge >= 0.3 is 0 Å². The summed E-state index contributed by atoms with van der Waals surface area (Å²) in [7, 11) is 0. The highest BCUT2D eigenvalue weighted by Gasteiger charge is 2.27. The fourth-order valence-corrected chi connectivity index (χ4v) is 3.19. The molecule has 1 saturated heterocycles. The van der Waals surface area contributed by atoms with E-state index in [0.717, 1.165) is 37.1 Å². The molecule has 2 heterocycles. The van der Waals surface area contributed by atoms with Crippen LogP contribution in [0.1, 0.15) is 36.0 Å². The van der Waals surface area contributed by atoms with E-state index in [0.29, 0.717) is 6.42 Å². The van der Waals surface area contributed by atoms with Crippen molar-refractivity contribution in [2.24, 2.45) is 0 Å². The van der Waals surface area contributed by atoms with Crippen molar-refractivity contribution < 1.29 is 9.90 Å². The van der Waals surface area contributed by atoms with Crippen molar-refractivity contribution in [2.75, 3.05) is 13.2 Å². The number of nitrogens with zero attached hydrogens (tertiary/aromatic N) is 2. The molecule has 1 fully saturated rings. The maximum Gasteiger partial charge on any atom is 0.254 e. The van der Waals surface area contributed by atoms with E-state index in [2.05, 4.69) is 0 Å². The summed E-state index contributed by atoms with van der Waals surface area (Å²) in [6, 6.07) is 11.8. The first kappa shape index (κ1) is 14.9. The van der Waals surface area contributed by atoms with Gasteiger partial charge in [-0.15, -0.1) is 0 Å². The summed E-state index contributed by atoms with van der Waals surface area (Å²) in [5, 5.41) is 9.22. The minimum absolute atomic E-state index is 0.0761. The molecule has 4 heteroatoms. The van der Waals surface area contributed by atoms with Crippen molar-refractivity contribution in [3.8, 4) is 5.69 Å². The number of hydrogen-bond acceptors (Lipinski definition) is 2. The van der Waals surface area contributed by atoms with Gasteiger partial charge in [0.2, 0.25) is 0 Å². The lowest BCUT2D eigenvalue weighted by Gasteiger charge is -2.35. The molecule has 22 heavy (non-hydrogen) atoms. The lowest BCUT2D eigenvalue weighted by atomic mass is 9.98. The molecule has 116 valence electrons. The van der Waals surface area contributed by atoms with Gasteiger partial charge in [-0.1, -0.05) is 6.07 Å². The smallest absolute Gasteiger partial charge is 0.254 e. The van der Waals surface area contributed by atoms with Gasteiger partial charge in [0.1, 0.15) is 0 Å². The molecule has 0 bridgehead atoms. The first-order valence-electron chi connectivity index (χ1n) is 7.95. The van der Waals surface area contributed by atoms with Crippen LogP contribution in [0.5, 0.6) is 0 Å². The number of rotatable bonds is 4. The standard InChI is InChI=1S/C18H22N2O2/c21-13-9-16-7-1-2-12-20(16)18(22)15-6-5-8-17(14-15)19-10-3-4-11-19/h3-6,8,10-11,14,16,21H,1-2,7,9,12-13H2. The van der Waals surface area contributed by atoms with Crippen LogP contribution in [0, 0.1) is 0 Å². The first-order chi connectivity index (χ1) is 10.8. The van der Waals surface area contributed by atoms with Gasteiger partial charge in [-0.2, -0.15) is 0 Å². The van der Waals surface area contributed by atoms with Crippen LogP contribution in [0.25, 0.3) is 5.69 Å². The topological polar surface area (TPSA) is 45.5 Å². The van der Waals surface area contributed by atoms with Gasteiger partial charge < -0.3 is 14.6 Å². The zero-order valence-corrected chi connectivity index (χ0v) is 12.7. The Morgan fingerprint density at radius 3 is 2.77 bits per heavy atom. The van der Waals surface area contributed by atoms with Gasteiger partial charge in [-0.3, -0.25) is 4.79 Å². The van der Waals surface area contributed by atoms with E-state index in [4.69, 9.17) is 0 Å². The van der Waals surface area contributed by atoms with Crippen molar-refractivity contribution in [3.63, 3.8) is 0 Å². The third-order valence-corrected chi connectivity index (χ3v) is 4.35. The number of carbonyl (C=O) groups excluding carboxylic acids is 1. The van der Waals surface area contributed by atoms with Crippen LogP contribution in [0.3, 0.4) is 0 Å². The van der Waals surface area contributed by atoms with Crippen molar-refractivity contribution in [1.82, 2.24) is 9.47 Å². The summed E-state index contributed by atoms with van der Waals surface area (Å²) >= 11 is 0. The number of hydrogen-bond donors (Lipinski definition) is 1. The molecule has 1 aromatic carbocycles. The largest absolute Gasteiger partial charge is 0.396 e. The number of aliphatic hydroxyl groups excluding tert-OH is 1. The summed E-state index contributed by atoms with van der Waals surface area (Å²) in [6.45, 7) is 0.926. The molecule has 4 nitrogen and oxygen atoms in total. The van der Waals surface area contributed by atoms with Gasteiger partial charge in [0, 0.05) is 42.8 Å². The highest BCUT2D eigenvalue weighted by molar-refractivity contribution is 5.95. The Balaban J connectivity index is 1.83. The quantitative estimate of drug-likeness (QED) is 0.943. The van der Waals surface area contributed by atoms with Crippen molar-refractivity contribution >= 4 is 5.91 Å². The molecule has 0 spiro atoms. The van der Waals surface area contributed by atoms with Gasteiger partial charge in [0.25, 0.3) is 5.91 Å². The molecule has 1 unspecified atom stereocenters. The van der Waals surface area contributed by atoms with E-state index >= 15 is 0 Å². The number of piperidine rings is 1. The number of carbonyl (C=O) groups is 1. The maximum absolute atomic E-state index is 12.8. The Hall–Kier alpha value is -2.07. The summed E-state index contributed by atoms with van der Waals surface area (Å²) < 4.78 is 2.00. The minimum atomic E-state index is 0.0761. The van der Waals surface area contributed by atoms with E-state index < -0.39 is 0 Å². The summed E-state index contributed by atoms with van der Waals surface area (Å²) in [6.07, 6.45) is 7.79. The molecular weight excluding hydrogens is 276 g/mol. The predicted molar refractivity (Wildman–Crippen MR) is 86.1 cm³/mol. The van der Waals surface area contributed by atoms with Crippen LogP contribution in [-0.2, 0) is 0 Å². The summed E-state index contributed by atoms with van der Waals surface area (Å²) in [5.74, 6) is 0.0761. The van der Waals surface area contributed by atoms with Crippen LogP contribution in [0.15, 0.2) is 48.8 Å². The Kier molecular flexibility index (Phi) is 4.59. The lowest BCUT2D eigenvalue weighted by molar-refractivity contribution is 0.0574. The maximum atomic E-state index is 12.8. The van der Waals surface area contributed by atoms with Gasteiger partial charge in [0.05, 0.1) is 0 Å². The van der Waals surface area contributed by atoms with Gasteiger partial charge in [-0.25, -0.2) is 0 Å². The van der Waals surface area contributed by atoms with E-state index in [1.165, 1.54) is 0 Å². The molecule has 3 rings (SSSR count). The Morgan fingerprint density at radius 1 is 1.18 bits per heavy atom. The van der Waals surface area contributed by atoms with Crippen LogP contribution in [0.4, 0.5) is 0 Å². The third-order valence-electron chi connectivity index (χ3n) is 4.35. The average Bonchev–Trinajstić information content (AvgIpc) is 3.10. The molecule has 1 aliphatic heterocycles. The fourth-order valence-electron chi connectivity index (χ4n) is 3.19. The number of amides is 1. The second-order valence-corrected chi connectivity index (χ2v) is 5.80. The molecule has 2 aromatic rings. The van der Waals surface area contributed by atoms with Crippen molar-refractivity contribution in [2.45, 2.75) is 31.7 Å². The molecule has 1 N–H and O–H groups in total. The van der Waals surface area contributed by atoms with Gasteiger partial charge in [-0.05, 0) is 56.0 Å². The molecule has 0 saturated carbocycles. The number of aliphatic hydroxyl groups is 1. The highest BCUT2D eigenvalue weighted by Crippen LogP contribution is 2.22. The van der Waals surface area contributed by atoms with Crippen LogP contribution in [0.2, 0.25) is 0 Å². The molecule has 1 atom stereocenters. The number of aromatic nitrogens is 1. The second kappa shape index (κ2) is 6.79. The van der Waals surface area contributed by atoms with Crippen LogP contribution >= 0.6 is 0 Å². The van der Waals surface area contributed by atoms with Crippen molar-refractivity contribution in [1.29, 1.82) is 0 Å². The predicted octanol–water partition coefficient (Wildman–Crippen LogP) is 2.85. The molecule has 0 radical (unpaired) electrons. The first-order valence-corrected chi connectivity index (χ1v) is 7.95. The second-order valence-electron chi connectivity index (χ2n) is 5.80. The molecular formula is C18H22N2O2. The number of likely N-dealkylation sites (tertiary alicyclic amines) is 1. The molecule has 1 amide bonds. The molecule has 0 aliphatic carbocycles. The SMILES string of the molecule is O=C(c1cccc(-n2cccc2)c1)N1CCCCC1CCO. The van der Waals surface area contributed by atoms with Gasteiger partial charge in [0.15, 0.2) is 0 Å². The summed E-state index contributed by atoms with van der Waals surface area (Å²) in [5.41, 5.74) is 1.71. The van der Waals surface area contributed by atoms with E-state index in [9.17, 15) is 9.90 Å². The summed E-state index contributed by atoms with van der Waals surface area (Å²) in [4.78, 5) is 14.8. The molecule has 1 aromatic heterocycles. The zero-order valence-electron chi connectivity index (χ0n) is 12.7. The Bertz CT molecular complexity index is 620. The highest BCUT2D eigenvalue weighted by atomic mass is 16.3. The van der Waals surface area contributed by atoms with Crippen LogP contribution in [-0.4, -0.2) is 39.7 Å². The zero-order chi connectivity index (χ0) is 15.4. The van der Waals surface area contributed by atoms with Crippen molar-refractivity contribution in [3.05, 3.63) is 54.4 Å². The Morgan fingerprint density at radius 2 is 2.00 bits per heavy atom. The average molecular weight is 298 g/mol.